The van der Waals surface area contributed by atoms with Crippen LogP contribution in [0, 0.1) is 17.8 Å². The van der Waals surface area contributed by atoms with Crippen LogP contribution < -0.4 is 0 Å². The van der Waals surface area contributed by atoms with Crippen molar-refractivity contribution in [2.45, 2.75) is 68.7 Å². The minimum atomic E-state index is -0.733. The molecule has 1 N–H and O–H groups in total. The monoisotopic (exact) mass is 477 g/mol. The maximum absolute atomic E-state index is 14.2. The number of nitrogens with zero attached hydrogens (tertiary/aromatic N) is 3. The molecule has 0 radical (unpaired) electrons. The summed E-state index contributed by atoms with van der Waals surface area (Å²) in [5, 5.41) is 10.0. The highest BCUT2D eigenvalue weighted by Gasteiger charge is 2.76. The second kappa shape index (κ2) is 9.10. The maximum atomic E-state index is 14.2. The summed E-state index contributed by atoms with van der Waals surface area (Å²) < 4.78 is -0.692. The Hall–Kier alpha value is -1.80. The van der Waals surface area contributed by atoms with E-state index in [4.69, 9.17) is 0 Å². The number of amides is 3. The zero-order chi connectivity index (χ0) is 24.9. The molecule has 3 heterocycles. The summed E-state index contributed by atoms with van der Waals surface area (Å²) >= 11 is 1.66. The highest BCUT2D eigenvalue weighted by Crippen LogP contribution is 2.69. The van der Waals surface area contributed by atoms with Crippen LogP contribution in [0.3, 0.4) is 0 Å². The molecule has 3 amide bonds. The van der Waals surface area contributed by atoms with Crippen molar-refractivity contribution in [2.75, 3.05) is 26.7 Å². The summed E-state index contributed by atoms with van der Waals surface area (Å²) in [7, 11) is 1.73. The smallest absolute Gasteiger partial charge is 0.247 e. The first-order valence-electron chi connectivity index (χ1n) is 11.8. The Kier molecular flexibility index (Phi) is 7.12. The molecule has 3 saturated heterocycles. The molecule has 8 heteroatoms. The first-order chi connectivity index (χ1) is 15.4. The van der Waals surface area contributed by atoms with Gasteiger partial charge in [0.15, 0.2) is 0 Å². The summed E-state index contributed by atoms with van der Waals surface area (Å²) in [6.07, 6.45) is 4.17. The molecule has 3 aliphatic rings. The quantitative estimate of drug-likeness (QED) is 0.542. The molecule has 0 aliphatic carbocycles. The van der Waals surface area contributed by atoms with Crippen LogP contribution in [-0.2, 0) is 14.4 Å². The number of aliphatic hydroxyl groups excluding tert-OH is 1. The van der Waals surface area contributed by atoms with Gasteiger partial charge in [-0.05, 0) is 40.0 Å². The minimum Gasteiger partial charge on any atom is -0.394 e. The Labute approximate surface area is 202 Å². The lowest BCUT2D eigenvalue weighted by Crippen LogP contribution is -2.61. The van der Waals surface area contributed by atoms with Crippen LogP contribution in [0.25, 0.3) is 0 Å². The number of likely N-dealkylation sites (tertiary alicyclic amines) is 1. The van der Waals surface area contributed by atoms with Crippen LogP contribution >= 0.6 is 11.8 Å². The van der Waals surface area contributed by atoms with Gasteiger partial charge in [0.05, 0.1) is 29.2 Å². The number of thioether (sulfide) groups is 1. The molecular formula is C25H39N3O4S. The number of rotatable bonds is 8. The Bertz CT molecular complexity index is 840. The molecule has 0 aromatic heterocycles. The van der Waals surface area contributed by atoms with E-state index in [0.29, 0.717) is 13.1 Å². The van der Waals surface area contributed by atoms with E-state index in [-0.39, 0.29) is 35.5 Å². The minimum absolute atomic E-state index is 0.00177. The van der Waals surface area contributed by atoms with E-state index in [9.17, 15) is 19.5 Å². The van der Waals surface area contributed by atoms with Gasteiger partial charge in [-0.1, -0.05) is 19.1 Å². The highest BCUT2D eigenvalue weighted by atomic mass is 32.2. The SMILES string of the molecule is C=CCN(C)C(=O)[C@@H]1[C@@H]2CC(C)C3(S2)C(C(=O)N(CC=C)C(C)(C)C)N([C@H](C)CO)C(=O)[C@H]13. The Morgan fingerprint density at radius 2 is 1.88 bits per heavy atom. The van der Waals surface area contributed by atoms with Crippen molar-refractivity contribution < 1.29 is 19.5 Å². The van der Waals surface area contributed by atoms with Crippen LogP contribution in [-0.4, -0.2) is 91.9 Å². The lowest BCUT2D eigenvalue weighted by Gasteiger charge is -2.44. The fourth-order valence-corrected chi connectivity index (χ4v) is 8.49. The topological polar surface area (TPSA) is 81.2 Å². The van der Waals surface area contributed by atoms with E-state index >= 15 is 0 Å². The molecule has 2 bridgehead atoms. The van der Waals surface area contributed by atoms with Crippen molar-refractivity contribution in [2.24, 2.45) is 17.8 Å². The second-order valence-corrected chi connectivity index (χ2v) is 12.3. The van der Waals surface area contributed by atoms with Crippen LogP contribution in [0.1, 0.15) is 41.0 Å². The fraction of sp³-hybridized carbons (Fsp3) is 0.720. The van der Waals surface area contributed by atoms with E-state index in [1.54, 1.807) is 52.6 Å². The Morgan fingerprint density at radius 1 is 1.27 bits per heavy atom. The lowest BCUT2D eigenvalue weighted by atomic mass is 9.65. The number of fused-ring (bicyclic) bond motifs is 1. The van der Waals surface area contributed by atoms with Crippen LogP contribution in [0.4, 0.5) is 0 Å². The first-order valence-corrected chi connectivity index (χ1v) is 12.6. The average Bonchev–Trinajstić information content (AvgIpc) is 3.33. The van der Waals surface area contributed by atoms with Gasteiger partial charge in [-0.2, -0.15) is 0 Å². The van der Waals surface area contributed by atoms with Gasteiger partial charge >= 0.3 is 0 Å². The summed E-state index contributed by atoms with van der Waals surface area (Å²) in [5.41, 5.74) is -0.471. The number of hydrogen-bond donors (Lipinski definition) is 1. The molecule has 1 spiro atoms. The van der Waals surface area contributed by atoms with Gasteiger partial charge < -0.3 is 19.8 Å². The molecule has 3 unspecified atom stereocenters. The molecule has 0 aromatic rings. The summed E-state index contributed by atoms with van der Waals surface area (Å²) in [6.45, 7) is 17.9. The summed E-state index contributed by atoms with van der Waals surface area (Å²) in [4.78, 5) is 46.7. The van der Waals surface area contributed by atoms with Crippen molar-refractivity contribution in [3.8, 4) is 0 Å². The Balaban J connectivity index is 2.14. The number of carbonyl (C=O) groups excluding carboxylic acids is 3. The van der Waals surface area contributed by atoms with Crippen LogP contribution in [0.2, 0.25) is 0 Å². The van der Waals surface area contributed by atoms with Crippen LogP contribution in [0.5, 0.6) is 0 Å². The Morgan fingerprint density at radius 3 is 2.39 bits per heavy atom. The van der Waals surface area contributed by atoms with Gasteiger partial charge in [-0.15, -0.1) is 24.9 Å². The number of hydrogen-bond acceptors (Lipinski definition) is 5. The molecule has 0 saturated carbocycles. The molecule has 7 atom stereocenters. The predicted octanol–water partition coefficient (Wildman–Crippen LogP) is 2.16. The van der Waals surface area contributed by atoms with Gasteiger partial charge in [0.25, 0.3) is 0 Å². The number of likely N-dealkylation sites (N-methyl/N-ethyl adjacent to an activating group) is 1. The van der Waals surface area contributed by atoms with Gasteiger partial charge in [-0.25, -0.2) is 0 Å². The number of aliphatic hydroxyl groups is 1. The van der Waals surface area contributed by atoms with Crippen molar-refractivity contribution >= 4 is 29.5 Å². The largest absolute Gasteiger partial charge is 0.394 e. The lowest BCUT2D eigenvalue weighted by molar-refractivity contribution is -0.148. The zero-order valence-electron chi connectivity index (χ0n) is 20.8. The first kappa shape index (κ1) is 25.8. The van der Waals surface area contributed by atoms with E-state index in [1.165, 1.54) is 0 Å². The maximum Gasteiger partial charge on any atom is 0.247 e. The molecule has 184 valence electrons. The van der Waals surface area contributed by atoms with Gasteiger partial charge in [0, 0.05) is 30.9 Å². The van der Waals surface area contributed by atoms with Gasteiger partial charge in [0.2, 0.25) is 17.7 Å². The van der Waals surface area contributed by atoms with Crippen molar-refractivity contribution in [3.05, 3.63) is 25.3 Å². The van der Waals surface area contributed by atoms with E-state index in [1.807, 2.05) is 20.8 Å². The van der Waals surface area contributed by atoms with E-state index in [0.717, 1.165) is 6.42 Å². The predicted molar refractivity (Wildman–Crippen MR) is 132 cm³/mol. The highest BCUT2D eigenvalue weighted by molar-refractivity contribution is 8.02. The summed E-state index contributed by atoms with van der Waals surface area (Å²) in [6, 6.07) is -1.26. The second-order valence-electron chi connectivity index (χ2n) is 10.7. The van der Waals surface area contributed by atoms with Crippen molar-refractivity contribution in [1.82, 2.24) is 14.7 Å². The standard InChI is InChI=1S/C25H39N3O4S/c1-9-11-26(8)21(30)18-17-13-15(3)25(33-17)19(18)22(31)28(16(4)14-29)20(25)23(32)27(12-10-2)24(5,6)7/h9-10,15-20,29H,1-2,11-14H2,3-8H3/t15?,16-,17+,18-,19+,20?,25?/m1/s1. The van der Waals surface area contributed by atoms with E-state index < -0.39 is 34.2 Å². The number of carbonyl (C=O) groups is 3. The van der Waals surface area contributed by atoms with Gasteiger partial charge in [0.1, 0.15) is 6.04 Å². The third-order valence-electron chi connectivity index (χ3n) is 7.61. The third-order valence-corrected chi connectivity index (χ3v) is 9.68. The third kappa shape index (κ3) is 3.83. The van der Waals surface area contributed by atoms with Gasteiger partial charge in [-0.3, -0.25) is 14.4 Å². The molecule has 0 aromatic carbocycles. The zero-order valence-corrected chi connectivity index (χ0v) is 21.6. The van der Waals surface area contributed by atoms with Crippen LogP contribution in [0.15, 0.2) is 25.3 Å². The molecule has 3 rings (SSSR count). The van der Waals surface area contributed by atoms with E-state index in [2.05, 4.69) is 20.1 Å². The molecule has 3 aliphatic heterocycles. The summed E-state index contributed by atoms with van der Waals surface area (Å²) in [5.74, 6) is -1.35. The molecule has 7 nitrogen and oxygen atoms in total. The molecule has 3 fully saturated rings. The average molecular weight is 478 g/mol. The fourth-order valence-electron chi connectivity index (χ4n) is 6.09. The van der Waals surface area contributed by atoms with Crippen molar-refractivity contribution in [3.63, 3.8) is 0 Å². The molecular weight excluding hydrogens is 438 g/mol. The normalized spacial score (nSPS) is 33.6. The molecule has 33 heavy (non-hydrogen) atoms. The van der Waals surface area contributed by atoms with Crippen molar-refractivity contribution in [1.29, 1.82) is 0 Å².